The van der Waals surface area contributed by atoms with Gasteiger partial charge >= 0.3 is 7.05 Å². The Morgan fingerprint density at radius 3 is 1.90 bits per heavy atom. The molecular formula is C27H22BNO. The summed E-state index contributed by atoms with van der Waals surface area (Å²) in [6.07, 6.45) is 2.13. The van der Waals surface area contributed by atoms with Crippen molar-refractivity contribution in [1.82, 2.24) is 0 Å². The van der Waals surface area contributed by atoms with Gasteiger partial charge in [0, 0.05) is 12.2 Å². The van der Waals surface area contributed by atoms with Crippen LogP contribution in [0.5, 0.6) is 0 Å². The van der Waals surface area contributed by atoms with Gasteiger partial charge in [-0.05, 0) is 45.4 Å². The van der Waals surface area contributed by atoms with Crippen LogP contribution < -0.4 is 4.81 Å². The van der Waals surface area contributed by atoms with Crippen LogP contribution in [0.1, 0.15) is 16.7 Å². The summed E-state index contributed by atoms with van der Waals surface area (Å²) in [6.45, 7) is 0.643. The Morgan fingerprint density at radius 1 is 0.633 bits per heavy atom. The zero-order chi connectivity index (χ0) is 20.3. The molecule has 144 valence electrons. The molecule has 0 unspecified atom stereocenters. The Kier molecular flexibility index (Phi) is 4.96. The van der Waals surface area contributed by atoms with Crippen LogP contribution in [0.2, 0.25) is 0 Å². The molecule has 0 radical (unpaired) electrons. The molecule has 2 nitrogen and oxygen atoms in total. The van der Waals surface area contributed by atoms with Gasteiger partial charge in [0.15, 0.2) is 0 Å². The molecule has 0 atom stereocenters. The molecule has 1 N–H and O–H groups in total. The first kappa shape index (κ1) is 18.5. The average molecular weight is 387 g/mol. The third-order valence-electron chi connectivity index (χ3n) is 5.63. The number of rotatable bonds is 4. The summed E-state index contributed by atoms with van der Waals surface area (Å²) in [4.78, 5) is 2.09. The summed E-state index contributed by atoms with van der Waals surface area (Å²) in [5, 5.41) is 11.3. The lowest BCUT2D eigenvalue weighted by Gasteiger charge is -2.34. The van der Waals surface area contributed by atoms with Crippen LogP contribution in [0.3, 0.4) is 0 Å². The molecule has 0 saturated carbocycles. The van der Waals surface area contributed by atoms with Gasteiger partial charge in [-0.3, -0.25) is 0 Å². The molecule has 4 aromatic carbocycles. The topological polar surface area (TPSA) is 23.5 Å². The Labute approximate surface area is 177 Å². The average Bonchev–Trinajstić information content (AvgIpc) is 2.82. The van der Waals surface area contributed by atoms with E-state index in [1.165, 1.54) is 16.7 Å². The van der Waals surface area contributed by atoms with Crippen molar-refractivity contribution < 1.29 is 5.02 Å². The van der Waals surface area contributed by atoms with Gasteiger partial charge in [0.05, 0.1) is 0 Å². The molecule has 0 aliphatic carbocycles. The zero-order valence-corrected chi connectivity index (χ0v) is 16.6. The van der Waals surface area contributed by atoms with Gasteiger partial charge in [-0.2, -0.15) is 0 Å². The van der Waals surface area contributed by atoms with Crippen LogP contribution in [-0.4, -0.2) is 12.1 Å². The lowest BCUT2D eigenvalue weighted by atomic mass is 9.64. The van der Waals surface area contributed by atoms with E-state index in [0.29, 0.717) is 6.54 Å². The highest BCUT2D eigenvalue weighted by molar-refractivity contribution is 6.78. The number of fused-ring (bicyclic) bond motifs is 1. The molecule has 0 spiro atoms. The fourth-order valence-electron chi connectivity index (χ4n) is 4.10. The fourth-order valence-corrected chi connectivity index (χ4v) is 4.10. The van der Waals surface area contributed by atoms with E-state index in [4.69, 9.17) is 0 Å². The van der Waals surface area contributed by atoms with Gasteiger partial charge < -0.3 is 9.83 Å². The summed E-state index contributed by atoms with van der Waals surface area (Å²) < 4.78 is 0. The van der Waals surface area contributed by atoms with Crippen molar-refractivity contribution in [3.63, 3.8) is 0 Å². The minimum Gasteiger partial charge on any atom is -0.428 e. The summed E-state index contributed by atoms with van der Waals surface area (Å²) in [6, 6.07) is 37.3. The lowest BCUT2D eigenvalue weighted by Crippen LogP contribution is -2.42. The van der Waals surface area contributed by atoms with Gasteiger partial charge in [0.1, 0.15) is 0 Å². The van der Waals surface area contributed by atoms with Crippen LogP contribution in [0, 0.1) is 0 Å². The van der Waals surface area contributed by atoms with Crippen molar-refractivity contribution in [3.05, 3.63) is 126 Å². The van der Waals surface area contributed by atoms with Crippen LogP contribution in [0.4, 0.5) is 5.69 Å². The summed E-state index contributed by atoms with van der Waals surface area (Å²) >= 11 is 0. The second kappa shape index (κ2) is 8.06. The predicted molar refractivity (Wildman–Crippen MR) is 127 cm³/mol. The Balaban J connectivity index is 1.63. The molecule has 5 rings (SSSR count). The van der Waals surface area contributed by atoms with Crippen LogP contribution >= 0.6 is 0 Å². The maximum absolute atomic E-state index is 11.3. The van der Waals surface area contributed by atoms with E-state index in [1.54, 1.807) is 0 Å². The van der Waals surface area contributed by atoms with Gasteiger partial charge in [0.2, 0.25) is 0 Å². The lowest BCUT2D eigenvalue weighted by molar-refractivity contribution is 0.577. The first-order chi connectivity index (χ1) is 14.8. The Hall–Kier alpha value is -3.56. The van der Waals surface area contributed by atoms with Gasteiger partial charge in [-0.15, -0.1) is 0 Å². The third kappa shape index (κ3) is 3.56. The number of hydrogen-bond acceptors (Lipinski definition) is 2. The van der Waals surface area contributed by atoms with E-state index in [9.17, 15) is 5.02 Å². The SMILES string of the molecule is OB1C(c2ccccc2)=Cc2cc(-c3ccccc3)ccc2N1Cc1ccccc1. The molecule has 0 bridgehead atoms. The fraction of sp³-hybridized carbons (Fsp3) is 0.0370. The van der Waals surface area contributed by atoms with Crippen molar-refractivity contribution >= 4 is 24.3 Å². The second-order valence-electron chi connectivity index (χ2n) is 7.59. The van der Waals surface area contributed by atoms with E-state index >= 15 is 0 Å². The summed E-state index contributed by atoms with van der Waals surface area (Å²) in [5.41, 5.74) is 7.67. The third-order valence-corrected chi connectivity index (χ3v) is 5.63. The van der Waals surface area contributed by atoms with Crippen LogP contribution in [-0.2, 0) is 6.54 Å². The minimum atomic E-state index is -0.706. The first-order valence-corrected chi connectivity index (χ1v) is 10.2. The van der Waals surface area contributed by atoms with Crippen LogP contribution in [0.15, 0.2) is 109 Å². The highest BCUT2D eigenvalue weighted by atomic mass is 16.2. The maximum atomic E-state index is 11.3. The smallest absolute Gasteiger partial charge is 0.428 e. The Bertz CT molecular complexity index is 1170. The predicted octanol–water partition coefficient (Wildman–Crippen LogP) is 5.93. The normalized spacial score (nSPS) is 13.0. The molecule has 0 amide bonds. The molecule has 4 aromatic rings. The van der Waals surface area contributed by atoms with Gasteiger partial charge in [-0.25, -0.2) is 0 Å². The quantitative estimate of drug-likeness (QED) is 0.439. The van der Waals surface area contributed by atoms with E-state index in [0.717, 1.165) is 22.3 Å². The molecule has 3 heteroatoms. The summed E-state index contributed by atoms with van der Waals surface area (Å²) in [7, 11) is -0.706. The van der Waals surface area contributed by atoms with Gasteiger partial charge in [0.25, 0.3) is 0 Å². The van der Waals surface area contributed by atoms with E-state index in [2.05, 4.69) is 77.6 Å². The Morgan fingerprint density at radius 2 is 1.23 bits per heavy atom. The monoisotopic (exact) mass is 387 g/mol. The summed E-state index contributed by atoms with van der Waals surface area (Å²) in [5.74, 6) is 0. The van der Waals surface area contributed by atoms with Crippen molar-refractivity contribution in [2.45, 2.75) is 6.54 Å². The van der Waals surface area contributed by atoms with Crippen molar-refractivity contribution in [1.29, 1.82) is 0 Å². The highest BCUT2D eigenvalue weighted by Crippen LogP contribution is 2.37. The highest BCUT2D eigenvalue weighted by Gasteiger charge is 2.33. The number of anilines is 1. The molecule has 0 aromatic heterocycles. The van der Waals surface area contributed by atoms with E-state index in [-0.39, 0.29) is 0 Å². The molecule has 1 heterocycles. The van der Waals surface area contributed by atoms with Gasteiger partial charge in [-0.1, -0.05) is 103 Å². The molecule has 30 heavy (non-hydrogen) atoms. The molecule has 0 saturated heterocycles. The molecular weight excluding hydrogens is 365 g/mol. The van der Waals surface area contributed by atoms with Crippen molar-refractivity contribution in [3.8, 4) is 11.1 Å². The van der Waals surface area contributed by atoms with E-state index < -0.39 is 7.05 Å². The largest absolute Gasteiger partial charge is 0.450 e. The van der Waals surface area contributed by atoms with E-state index in [1.807, 2.05) is 42.5 Å². The number of benzene rings is 4. The standard InChI is InChI=1S/C27H22BNO/c30-28-26(23-14-8-3-9-15-23)19-25-18-24(22-12-6-2-7-13-22)16-17-27(25)29(28)20-21-10-4-1-5-11-21/h1-19,30H,20H2. The van der Waals surface area contributed by atoms with Crippen molar-refractivity contribution in [2.24, 2.45) is 0 Å². The van der Waals surface area contributed by atoms with Crippen LogP contribution in [0.25, 0.3) is 22.7 Å². The second-order valence-corrected chi connectivity index (χ2v) is 7.59. The first-order valence-electron chi connectivity index (χ1n) is 10.2. The molecule has 1 aliphatic rings. The minimum absolute atomic E-state index is 0.643. The number of hydrogen-bond donors (Lipinski definition) is 1. The number of nitrogens with zero attached hydrogens (tertiary/aromatic N) is 1. The maximum Gasteiger partial charge on any atom is 0.450 e. The zero-order valence-electron chi connectivity index (χ0n) is 16.6. The molecule has 1 aliphatic heterocycles. The molecule has 0 fully saturated rings. The van der Waals surface area contributed by atoms with Crippen molar-refractivity contribution in [2.75, 3.05) is 4.81 Å².